The molecule has 0 radical (unpaired) electrons. The first-order valence-corrected chi connectivity index (χ1v) is 5.16. The summed E-state index contributed by atoms with van der Waals surface area (Å²) in [6, 6.07) is 6.21. The van der Waals surface area contributed by atoms with E-state index in [0.29, 0.717) is 11.1 Å². The first-order chi connectivity index (χ1) is 8.40. The van der Waals surface area contributed by atoms with Crippen molar-refractivity contribution in [3.8, 4) is 22.6 Å². The standard InChI is InChI=1S/C12H14N4O2/c13-7-1-5(2-8(14)11(7)17)6-3-9(15)12(18)10(16)4-6/h1-4,17-18H,13-16H2. The monoisotopic (exact) mass is 246 g/mol. The molecule has 18 heavy (non-hydrogen) atoms. The van der Waals surface area contributed by atoms with Crippen LogP contribution in [0.4, 0.5) is 22.7 Å². The van der Waals surface area contributed by atoms with Crippen molar-refractivity contribution in [2.75, 3.05) is 22.9 Å². The van der Waals surface area contributed by atoms with Crippen molar-refractivity contribution in [2.24, 2.45) is 0 Å². The molecule has 0 unspecified atom stereocenters. The minimum atomic E-state index is -0.154. The number of rotatable bonds is 1. The van der Waals surface area contributed by atoms with Gasteiger partial charge in [0.2, 0.25) is 0 Å². The lowest BCUT2D eigenvalue weighted by Crippen LogP contribution is -1.96. The van der Waals surface area contributed by atoms with E-state index in [9.17, 15) is 10.2 Å². The second-order valence-corrected chi connectivity index (χ2v) is 4.01. The van der Waals surface area contributed by atoms with Crippen molar-refractivity contribution in [1.29, 1.82) is 0 Å². The number of phenols is 2. The second kappa shape index (κ2) is 3.92. The summed E-state index contributed by atoms with van der Waals surface area (Å²) in [5, 5.41) is 19.0. The summed E-state index contributed by atoms with van der Waals surface area (Å²) >= 11 is 0. The van der Waals surface area contributed by atoms with Crippen LogP contribution in [-0.2, 0) is 0 Å². The summed E-state index contributed by atoms with van der Waals surface area (Å²) in [6.45, 7) is 0. The Hall–Kier alpha value is -2.76. The summed E-state index contributed by atoms with van der Waals surface area (Å²) in [7, 11) is 0. The van der Waals surface area contributed by atoms with Gasteiger partial charge in [-0.15, -0.1) is 0 Å². The molecule has 2 rings (SSSR count). The van der Waals surface area contributed by atoms with Crippen molar-refractivity contribution in [2.45, 2.75) is 0 Å². The van der Waals surface area contributed by atoms with Crippen molar-refractivity contribution < 1.29 is 10.2 Å². The van der Waals surface area contributed by atoms with Crippen molar-refractivity contribution in [3.63, 3.8) is 0 Å². The SMILES string of the molecule is Nc1cc(-c2cc(N)c(O)c(N)c2)cc(N)c1O. The topological polar surface area (TPSA) is 145 Å². The van der Waals surface area contributed by atoms with Crippen LogP contribution in [0.2, 0.25) is 0 Å². The van der Waals surface area contributed by atoms with E-state index >= 15 is 0 Å². The van der Waals surface area contributed by atoms with Gasteiger partial charge in [-0.05, 0) is 35.4 Å². The summed E-state index contributed by atoms with van der Waals surface area (Å²) in [4.78, 5) is 0. The van der Waals surface area contributed by atoms with Crippen LogP contribution in [0.3, 0.4) is 0 Å². The summed E-state index contributed by atoms with van der Waals surface area (Å²) in [5.41, 5.74) is 24.4. The lowest BCUT2D eigenvalue weighted by molar-refractivity contribution is 0.480. The molecule has 0 spiro atoms. The molecule has 0 saturated heterocycles. The number of nitrogens with two attached hydrogens (primary N) is 4. The number of nitrogen functional groups attached to an aromatic ring is 4. The molecular weight excluding hydrogens is 232 g/mol. The number of aromatic hydroxyl groups is 2. The first-order valence-electron chi connectivity index (χ1n) is 5.16. The Kier molecular flexibility index (Phi) is 2.55. The molecule has 0 aliphatic carbocycles. The summed E-state index contributed by atoms with van der Waals surface area (Å²) < 4.78 is 0. The van der Waals surface area contributed by atoms with E-state index in [4.69, 9.17) is 22.9 Å². The number of hydrogen-bond acceptors (Lipinski definition) is 6. The summed E-state index contributed by atoms with van der Waals surface area (Å²) in [6.07, 6.45) is 0. The lowest BCUT2D eigenvalue weighted by atomic mass is 10.0. The van der Waals surface area contributed by atoms with Gasteiger partial charge in [0.15, 0.2) is 11.5 Å². The molecule has 0 aliphatic rings. The Morgan fingerprint density at radius 1 is 0.556 bits per heavy atom. The van der Waals surface area contributed by atoms with E-state index in [1.165, 1.54) is 0 Å². The van der Waals surface area contributed by atoms with Gasteiger partial charge in [-0.1, -0.05) is 0 Å². The Labute approximate surface area is 103 Å². The highest BCUT2D eigenvalue weighted by Gasteiger charge is 2.10. The van der Waals surface area contributed by atoms with Crippen LogP contribution < -0.4 is 22.9 Å². The largest absolute Gasteiger partial charge is 0.504 e. The van der Waals surface area contributed by atoms with Gasteiger partial charge < -0.3 is 33.1 Å². The minimum Gasteiger partial charge on any atom is -0.504 e. The summed E-state index contributed by atoms with van der Waals surface area (Å²) in [5.74, 6) is -0.308. The number of benzene rings is 2. The van der Waals surface area contributed by atoms with Gasteiger partial charge in [0.05, 0.1) is 22.7 Å². The lowest BCUT2D eigenvalue weighted by Gasteiger charge is -2.10. The fraction of sp³-hybridized carbons (Fsp3) is 0. The van der Waals surface area contributed by atoms with Gasteiger partial charge in [-0.25, -0.2) is 0 Å². The zero-order valence-electron chi connectivity index (χ0n) is 9.51. The third-order valence-electron chi connectivity index (χ3n) is 2.67. The molecule has 6 nitrogen and oxygen atoms in total. The van der Waals surface area contributed by atoms with Crippen LogP contribution in [0.25, 0.3) is 11.1 Å². The zero-order chi connectivity index (χ0) is 13.4. The van der Waals surface area contributed by atoms with Crippen LogP contribution >= 0.6 is 0 Å². The molecule has 94 valence electrons. The number of anilines is 4. The van der Waals surface area contributed by atoms with E-state index < -0.39 is 0 Å². The van der Waals surface area contributed by atoms with Crippen LogP contribution in [0, 0.1) is 0 Å². The maximum Gasteiger partial charge on any atom is 0.161 e. The average molecular weight is 246 g/mol. The van der Waals surface area contributed by atoms with E-state index in [1.807, 2.05) is 0 Å². The highest BCUT2D eigenvalue weighted by atomic mass is 16.3. The molecule has 0 fully saturated rings. The van der Waals surface area contributed by atoms with Crippen molar-refractivity contribution >= 4 is 22.7 Å². The fourth-order valence-electron chi connectivity index (χ4n) is 1.69. The molecular formula is C12H14N4O2. The van der Waals surface area contributed by atoms with Gasteiger partial charge >= 0.3 is 0 Å². The molecule has 0 aliphatic heterocycles. The molecule has 2 aromatic rings. The van der Waals surface area contributed by atoms with E-state index in [0.717, 1.165) is 0 Å². The quantitative estimate of drug-likeness (QED) is 0.328. The second-order valence-electron chi connectivity index (χ2n) is 4.01. The number of phenolic OH excluding ortho intramolecular Hbond substituents is 2. The maximum absolute atomic E-state index is 9.49. The minimum absolute atomic E-state index is 0.154. The van der Waals surface area contributed by atoms with Crippen molar-refractivity contribution in [1.82, 2.24) is 0 Å². The van der Waals surface area contributed by atoms with E-state index in [2.05, 4.69) is 0 Å². The highest BCUT2D eigenvalue weighted by molar-refractivity contribution is 5.83. The number of hydrogen-bond donors (Lipinski definition) is 6. The van der Waals surface area contributed by atoms with Gasteiger partial charge in [0, 0.05) is 0 Å². The smallest absolute Gasteiger partial charge is 0.161 e. The van der Waals surface area contributed by atoms with E-state index in [1.54, 1.807) is 24.3 Å². The normalized spacial score (nSPS) is 10.4. The molecule has 0 amide bonds. The van der Waals surface area contributed by atoms with Crippen molar-refractivity contribution in [3.05, 3.63) is 24.3 Å². The van der Waals surface area contributed by atoms with Crippen LogP contribution in [-0.4, -0.2) is 10.2 Å². The Morgan fingerprint density at radius 2 is 0.778 bits per heavy atom. The van der Waals surface area contributed by atoms with Crippen LogP contribution in [0.5, 0.6) is 11.5 Å². The fourth-order valence-corrected chi connectivity index (χ4v) is 1.69. The molecule has 6 heteroatoms. The molecule has 2 aromatic carbocycles. The average Bonchev–Trinajstić information content (AvgIpc) is 2.31. The maximum atomic E-state index is 9.49. The molecule has 0 atom stereocenters. The predicted octanol–water partition coefficient (Wildman–Crippen LogP) is 1.09. The van der Waals surface area contributed by atoms with E-state index in [-0.39, 0.29) is 34.2 Å². The van der Waals surface area contributed by atoms with Gasteiger partial charge in [-0.3, -0.25) is 0 Å². The van der Waals surface area contributed by atoms with Crippen LogP contribution in [0.15, 0.2) is 24.3 Å². The molecule has 0 aromatic heterocycles. The molecule has 0 heterocycles. The Balaban J connectivity index is 2.63. The third kappa shape index (κ3) is 1.80. The van der Waals surface area contributed by atoms with Crippen LogP contribution in [0.1, 0.15) is 0 Å². The predicted molar refractivity (Wildman–Crippen MR) is 72.9 cm³/mol. The van der Waals surface area contributed by atoms with Gasteiger partial charge in [0.1, 0.15) is 0 Å². The van der Waals surface area contributed by atoms with Gasteiger partial charge in [-0.2, -0.15) is 0 Å². The highest BCUT2D eigenvalue weighted by Crippen LogP contribution is 2.37. The molecule has 0 saturated carbocycles. The Bertz CT molecular complexity index is 524. The third-order valence-corrected chi connectivity index (χ3v) is 2.67. The van der Waals surface area contributed by atoms with Gasteiger partial charge in [0.25, 0.3) is 0 Å². The first kappa shape index (κ1) is 11.7. The Morgan fingerprint density at radius 3 is 1.00 bits per heavy atom. The molecule has 0 bridgehead atoms. The zero-order valence-corrected chi connectivity index (χ0v) is 9.51. The molecule has 10 N–H and O–H groups in total.